The van der Waals surface area contributed by atoms with Gasteiger partial charge in [-0.25, -0.2) is 4.79 Å². The van der Waals surface area contributed by atoms with Gasteiger partial charge < -0.3 is 45.3 Å². The minimum Gasteiger partial charge on any atom is -0.477 e. The lowest BCUT2D eigenvalue weighted by Gasteiger charge is -2.46. The van der Waals surface area contributed by atoms with Crippen LogP contribution in [0.5, 0.6) is 0 Å². The Bertz CT molecular complexity index is 713. The van der Waals surface area contributed by atoms with E-state index in [1.165, 1.54) is 0 Å². The number of carboxylic acids is 1. The van der Waals surface area contributed by atoms with Crippen molar-refractivity contribution in [3.63, 3.8) is 0 Å². The highest BCUT2D eigenvalue weighted by Crippen LogP contribution is 2.31. The maximum Gasteiger partial charge on any atom is 0.364 e. The summed E-state index contributed by atoms with van der Waals surface area (Å²) in [7, 11) is 0. The number of carbonyl (C=O) groups is 5. The van der Waals surface area contributed by atoms with Gasteiger partial charge in [-0.15, -0.1) is 0 Å². The van der Waals surface area contributed by atoms with Gasteiger partial charge in [-0.05, 0) is 0 Å². The third-order valence-corrected chi connectivity index (χ3v) is 4.28. The number of amides is 2. The number of carbonyl (C=O) groups excluding carboxylic acids is 4. The molecule has 1 fully saturated rings. The minimum absolute atomic E-state index is 0.609. The van der Waals surface area contributed by atoms with Crippen molar-refractivity contribution in [1.82, 2.24) is 10.6 Å². The molecule has 1 saturated heterocycles. The van der Waals surface area contributed by atoms with Gasteiger partial charge in [0.2, 0.25) is 11.8 Å². The van der Waals surface area contributed by atoms with Crippen LogP contribution in [0.4, 0.5) is 0 Å². The molecule has 0 saturated carbocycles. The van der Waals surface area contributed by atoms with Crippen LogP contribution in [0.1, 0.15) is 27.2 Å². The highest BCUT2D eigenvalue weighted by molar-refractivity contribution is 5.78. The summed E-state index contributed by atoms with van der Waals surface area (Å²) < 4.78 is 15.2. The Morgan fingerprint density at radius 2 is 1.77 bits per heavy atom. The maximum absolute atomic E-state index is 11.8. The quantitative estimate of drug-likeness (QED) is 0.188. The Labute approximate surface area is 176 Å². The normalized spacial score (nSPS) is 27.4. The summed E-state index contributed by atoms with van der Waals surface area (Å²) in [6.07, 6.45) is -5.76. The molecule has 0 aliphatic carbocycles. The number of nitrogens with one attached hydrogen (secondary N) is 2. The van der Waals surface area contributed by atoms with Gasteiger partial charge in [0.1, 0.15) is 19.3 Å². The highest BCUT2D eigenvalue weighted by Gasteiger charge is 2.55. The SMILES string of the molecule is CC(=O)N[C@@H]([C@@H]1OC(O)(C(=O)O)C[C@H](O)[C@H]1NC(=O)CO)[C@@H](COC(C)=O)OC(C)=O. The largest absolute Gasteiger partial charge is 0.477 e. The van der Waals surface area contributed by atoms with Gasteiger partial charge in [-0.3, -0.25) is 19.2 Å². The zero-order valence-corrected chi connectivity index (χ0v) is 17.1. The number of esters is 2. The van der Waals surface area contributed by atoms with E-state index in [0.29, 0.717) is 0 Å². The second-order valence-corrected chi connectivity index (χ2v) is 6.87. The van der Waals surface area contributed by atoms with Crippen LogP contribution >= 0.6 is 0 Å². The number of aliphatic hydroxyl groups is 3. The van der Waals surface area contributed by atoms with Crippen LogP contribution in [-0.2, 0) is 38.2 Å². The molecule has 1 aliphatic heterocycles. The summed E-state index contributed by atoms with van der Waals surface area (Å²) in [6, 6.07) is -2.97. The second-order valence-electron chi connectivity index (χ2n) is 6.87. The summed E-state index contributed by atoms with van der Waals surface area (Å²) in [6.45, 7) is 1.54. The zero-order chi connectivity index (χ0) is 23.9. The number of hydrogen-bond acceptors (Lipinski definition) is 11. The fraction of sp³-hybridized carbons (Fsp3) is 0.706. The van der Waals surface area contributed by atoms with E-state index in [4.69, 9.17) is 19.3 Å². The summed E-state index contributed by atoms with van der Waals surface area (Å²) in [5, 5.41) is 43.6. The molecular weight excluding hydrogens is 424 g/mol. The first-order valence-corrected chi connectivity index (χ1v) is 9.10. The van der Waals surface area contributed by atoms with Crippen LogP contribution < -0.4 is 10.6 Å². The fourth-order valence-corrected chi connectivity index (χ4v) is 3.07. The summed E-state index contributed by atoms with van der Waals surface area (Å²) in [4.78, 5) is 57.8. The standard InChI is InChI=1S/C17H26N2O12/c1-7(21)18-14(11(30-9(3)23)6-29-8(2)22)15-13(19-12(25)5-20)10(24)4-17(28,31-15)16(26)27/h10-11,13-15,20,24,28H,4-6H2,1-3H3,(H,18,21)(H,19,25)(H,26,27)/t10-,11+,13+,14+,15+,17?/m0/s1. The van der Waals surface area contributed by atoms with E-state index in [0.717, 1.165) is 20.8 Å². The Morgan fingerprint density at radius 3 is 2.23 bits per heavy atom. The third kappa shape index (κ3) is 7.43. The van der Waals surface area contributed by atoms with E-state index in [-0.39, 0.29) is 0 Å². The van der Waals surface area contributed by atoms with Crippen LogP contribution in [0, 0.1) is 0 Å². The van der Waals surface area contributed by atoms with Crippen LogP contribution in [0.2, 0.25) is 0 Å². The van der Waals surface area contributed by atoms with E-state index in [1.807, 2.05) is 0 Å². The van der Waals surface area contributed by atoms with E-state index in [9.17, 15) is 39.3 Å². The topological polar surface area (TPSA) is 218 Å². The number of ether oxygens (including phenoxy) is 3. The first kappa shape index (κ1) is 26.2. The summed E-state index contributed by atoms with van der Waals surface area (Å²) in [5.74, 6) is -8.13. The number of rotatable bonds is 9. The van der Waals surface area contributed by atoms with Crippen LogP contribution in [0.25, 0.3) is 0 Å². The lowest BCUT2D eigenvalue weighted by atomic mass is 9.87. The molecule has 14 nitrogen and oxygen atoms in total. The Kier molecular flexibility index (Phi) is 9.30. The number of hydrogen-bond donors (Lipinski definition) is 6. The molecule has 1 heterocycles. The predicted molar refractivity (Wildman–Crippen MR) is 96.9 cm³/mol. The second kappa shape index (κ2) is 11.0. The minimum atomic E-state index is -2.93. The van der Waals surface area contributed by atoms with Crippen molar-refractivity contribution in [3.05, 3.63) is 0 Å². The van der Waals surface area contributed by atoms with Gasteiger partial charge in [-0.2, -0.15) is 0 Å². The van der Waals surface area contributed by atoms with Gasteiger partial charge in [0.05, 0.1) is 18.2 Å². The molecule has 6 N–H and O–H groups in total. The van der Waals surface area contributed by atoms with Crippen molar-refractivity contribution in [1.29, 1.82) is 0 Å². The summed E-state index contributed by atoms with van der Waals surface area (Å²) >= 11 is 0. The van der Waals surface area contributed by atoms with Gasteiger partial charge >= 0.3 is 17.9 Å². The van der Waals surface area contributed by atoms with Crippen molar-refractivity contribution < 1.29 is 58.6 Å². The van der Waals surface area contributed by atoms with E-state index in [1.54, 1.807) is 0 Å². The molecule has 0 bridgehead atoms. The number of aliphatic hydroxyl groups excluding tert-OH is 2. The number of carboxylic acid groups (broad SMARTS) is 1. The molecular formula is C17H26N2O12. The first-order valence-electron chi connectivity index (χ1n) is 9.10. The molecule has 1 rings (SSSR count). The molecule has 0 aromatic rings. The average Bonchev–Trinajstić information content (AvgIpc) is 2.64. The average molecular weight is 450 g/mol. The summed E-state index contributed by atoms with van der Waals surface area (Å²) in [5.41, 5.74) is 0. The molecule has 0 radical (unpaired) electrons. The Morgan fingerprint density at radius 1 is 1.16 bits per heavy atom. The molecule has 6 atom stereocenters. The molecule has 2 amide bonds. The molecule has 1 unspecified atom stereocenters. The molecule has 0 aromatic heterocycles. The van der Waals surface area contributed by atoms with Crippen LogP contribution in [0.15, 0.2) is 0 Å². The van der Waals surface area contributed by atoms with Gasteiger partial charge in [0.15, 0.2) is 6.10 Å². The maximum atomic E-state index is 11.8. The van der Waals surface area contributed by atoms with Crippen molar-refractivity contribution in [3.8, 4) is 0 Å². The third-order valence-electron chi connectivity index (χ3n) is 4.28. The monoisotopic (exact) mass is 450 g/mol. The first-order chi connectivity index (χ1) is 14.3. The lowest BCUT2D eigenvalue weighted by Crippen LogP contribution is -2.70. The Hall–Kier alpha value is -2.81. The van der Waals surface area contributed by atoms with Gasteiger partial charge in [-0.1, -0.05) is 0 Å². The number of aliphatic carboxylic acids is 1. The van der Waals surface area contributed by atoms with E-state index < -0.39 is 85.5 Å². The molecule has 31 heavy (non-hydrogen) atoms. The van der Waals surface area contributed by atoms with Crippen LogP contribution in [-0.4, -0.2) is 99.5 Å². The lowest BCUT2D eigenvalue weighted by molar-refractivity contribution is -0.284. The van der Waals surface area contributed by atoms with Crippen molar-refractivity contribution in [2.75, 3.05) is 13.2 Å². The highest BCUT2D eigenvalue weighted by atomic mass is 16.7. The molecule has 0 spiro atoms. The van der Waals surface area contributed by atoms with Gasteiger partial charge in [0, 0.05) is 27.2 Å². The van der Waals surface area contributed by atoms with Crippen molar-refractivity contribution >= 4 is 29.7 Å². The van der Waals surface area contributed by atoms with Gasteiger partial charge in [0.25, 0.3) is 5.79 Å². The van der Waals surface area contributed by atoms with E-state index in [2.05, 4.69) is 10.6 Å². The fourth-order valence-electron chi connectivity index (χ4n) is 3.07. The van der Waals surface area contributed by atoms with Crippen LogP contribution in [0.3, 0.4) is 0 Å². The molecule has 1 aliphatic rings. The predicted octanol–water partition coefficient (Wildman–Crippen LogP) is -3.61. The molecule has 0 aromatic carbocycles. The zero-order valence-electron chi connectivity index (χ0n) is 17.1. The molecule has 176 valence electrons. The van der Waals surface area contributed by atoms with Crippen molar-refractivity contribution in [2.45, 2.75) is 63.4 Å². The molecule has 14 heteroatoms. The Balaban J connectivity index is 3.46. The smallest absolute Gasteiger partial charge is 0.364 e. The van der Waals surface area contributed by atoms with E-state index >= 15 is 0 Å². The van der Waals surface area contributed by atoms with Crippen molar-refractivity contribution in [2.24, 2.45) is 0 Å².